The van der Waals surface area contributed by atoms with Gasteiger partial charge in [-0.3, -0.25) is 4.90 Å². The molecule has 2 rings (SSSR count). The Morgan fingerprint density at radius 2 is 2.00 bits per heavy atom. The lowest BCUT2D eigenvalue weighted by Crippen LogP contribution is -2.42. The van der Waals surface area contributed by atoms with Crippen molar-refractivity contribution >= 4 is 11.9 Å². The number of carboxylic acids is 1. The van der Waals surface area contributed by atoms with Crippen molar-refractivity contribution in [3.8, 4) is 0 Å². The molecule has 0 aromatic carbocycles. The van der Waals surface area contributed by atoms with Crippen molar-refractivity contribution in [2.75, 3.05) is 33.3 Å². The highest BCUT2D eigenvalue weighted by Gasteiger charge is 2.38. The number of nitrogens with one attached hydrogen (secondary N) is 1. The molecule has 2 N–H and O–H groups in total. The van der Waals surface area contributed by atoms with Gasteiger partial charge >= 0.3 is 18.1 Å². The fraction of sp³-hybridized carbons (Fsp3) is 0.583. The molecule has 1 fully saturated rings. The molecular weight excluding hydrogens is 323 g/mol. The number of rotatable bonds is 3. The van der Waals surface area contributed by atoms with Crippen molar-refractivity contribution in [1.82, 2.24) is 15.2 Å². The second-order valence-electron chi connectivity index (χ2n) is 4.45. The third kappa shape index (κ3) is 6.65. The highest BCUT2D eigenvalue weighted by Crippen LogP contribution is 2.13. The Kier molecular flexibility index (Phi) is 6.97. The fourth-order valence-corrected chi connectivity index (χ4v) is 1.64. The maximum absolute atomic E-state index is 11.2. The Labute approximate surface area is 129 Å². The highest BCUT2D eigenvalue weighted by atomic mass is 19.4. The second kappa shape index (κ2) is 8.48. The minimum absolute atomic E-state index is 0.229. The smallest absolute Gasteiger partial charge is 0.475 e. The van der Waals surface area contributed by atoms with Crippen LogP contribution in [0, 0.1) is 0 Å². The van der Waals surface area contributed by atoms with Gasteiger partial charge in [0, 0.05) is 26.2 Å². The molecule has 8 nitrogen and oxygen atoms in total. The first-order valence-electron chi connectivity index (χ1n) is 6.50. The van der Waals surface area contributed by atoms with E-state index in [-0.39, 0.29) is 5.69 Å². The summed E-state index contributed by atoms with van der Waals surface area (Å²) >= 11 is 0. The van der Waals surface area contributed by atoms with Gasteiger partial charge in [-0.2, -0.15) is 13.2 Å². The zero-order chi connectivity index (χ0) is 17.5. The number of ether oxygens (including phenoxy) is 1. The summed E-state index contributed by atoms with van der Waals surface area (Å²) in [6.45, 7) is 4.53. The van der Waals surface area contributed by atoms with Crippen LogP contribution in [0.25, 0.3) is 0 Å². The van der Waals surface area contributed by atoms with E-state index in [1.165, 1.54) is 13.4 Å². The normalized spacial score (nSPS) is 15.5. The number of carbonyl (C=O) groups is 2. The number of oxazole rings is 1. The van der Waals surface area contributed by atoms with Crippen LogP contribution in [0.15, 0.2) is 10.7 Å². The molecule has 23 heavy (non-hydrogen) atoms. The molecule has 0 bridgehead atoms. The minimum Gasteiger partial charge on any atom is -0.475 e. The van der Waals surface area contributed by atoms with Crippen molar-refractivity contribution in [3.63, 3.8) is 0 Å². The number of carboxylic acid groups (broad SMARTS) is 1. The summed E-state index contributed by atoms with van der Waals surface area (Å²) in [5, 5.41) is 10.4. The fourth-order valence-electron chi connectivity index (χ4n) is 1.64. The molecule has 1 aliphatic heterocycles. The van der Waals surface area contributed by atoms with Crippen LogP contribution in [0.3, 0.4) is 0 Å². The molecule has 0 amide bonds. The van der Waals surface area contributed by atoms with Crippen LogP contribution < -0.4 is 5.32 Å². The SMILES string of the molecule is COC(=O)c1coc(CN2CCNCC2)n1.O=C(O)C(F)(F)F. The number of halogens is 3. The minimum atomic E-state index is -5.08. The van der Waals surface area contributed by atoms with Gasteiger partial charge in [-0.25, -0.2) is 14.6 Å². The molecule has 0 unspecified atom stereocenters. The van der Waals surface area contributed by atoms with Crippen LogP contribution in [0.1, 0.15) is 16.4 Å². The number of aromatic nitrogens is 1. The highest BCUT2D eigenvalue weighted by molar-refractivity contribution is 5.86. The largest absolute Gasteiger partial charge is 0.490 e. The Balaban J connectivity index is 0.000000322. The molecule has 0 saturated carbocycles. The van der Waals surface area contributed by atoms with Crippen LogP contribution >= 0.6 is 0 Å². The zero-order valence-corrected chi connectivity index (χ0v) is 12.2. The van der Waals surface area contributed by atoms with Gasteiger partial charge < -0.3 is 19.6 Å². The van der Waals surface area contributed by atoms with Crippen LogP contribution in [-0.4, -0.2) is 66.4 Å². The number of hydrogen-bond donors (Lipinski definition) is 2. The monoisotopic (exact) mass is 339 g/mol. The lowest BCUT2D eigenvalue weighted by Gasteiger charge is -2.25. The topological polar surface area (TPSA) is 105 Å². The van der Waals surface area contributed by atoms with Gasteiger partial charge in [0.05, 0.1) is 13.7 Å². The van der Waals surface area contributed by atoms with E-state index in [2.05, 4.69) is 19.9 Å². The number of nitrogens with zero attached hydrogens (tertiary/aromatic N) is 2. The van der Waals surface area contributed by atoms with Crippen molar-refractivity contribution in [1.29, 1.82) is 0 Å². The van der Waals surface area contributed by atoms with E-state index in [1.54, 1.807) is 0 Å². The summed E-state index contributed by atoms with van der Waals surface area (Å²) in [4.78, 5) is 26.3. The molecular formula is C12H16F3N3O5. The molecule has 1 aliphatic rings. The van der Waals surface area contributed by atoms with E-state index in [0.29, 0.717) is 12.4 Å². The van der Waals surface area contributed by atoms with Crippen molar-refractivity contribution in [2.24, 2.45) is 0 Å². The van der Waals surface area contributed by atoms with E-state index in [9.17, 15) is 18.0 Å². The third-order valence-electron chi connectivity index (χ3n) is 2.76. The van der Waals surface area contributed by atoms with E-state index in [4.69, 9.17) is 14.3 Å². The number of esters is 1. The molecule has 1 saturated heterocycles. The molecule has 1 aromatic rings. The maximum Gasteiger partial charge on any atom is 0.490 e. The standard InChI is InChI=1S/C10H15N3O3.C2HF3O2/c1-15-10(14)8-7-16-9(12-8)6-13-4-2-11-3-5-13;3-2(4,5)1(6)7/h7,11H,2-6H2,1H3;(H,6,7). The Morgan fingerprint density at radius 3 is 2.48 bits per heavy atom. The summed E-state index contributed by atoms with van der Waals surface area (Å²) in [6.07, 6.45) is -3.75. The number of piperazine rings is 1. The molecule has 0 radical (unpaired) electrons. The first-order chi connectivity index (χ1) is 10.7. The first kappa shape index (κ1) is 18.9. The number of alkyl halides is 3. The maximum atomic E-state index is 11.2. The van der Waals surface area contributed by atoms with Gasteiger partial charge in [0.1, 0.15) is 6.26 Å². The molecule has 0 spiro atoms. The molecule has 2 heterocycles. The molecule has 130 valence electrons. The van der Waals surface area contributed by atoms with E-state index >= 15 is 0 Å². The van der Waals surface area contributed by atoms with Crippen molar-refractivity contribution < 1.29 is 37.0 Å². The average molecular weight is 339 g/mol. The van der Waals surface area contributed by atoms with Crippen LogP contribution in [-0.2, 0) is 16.1 Å². The summed E-state index contributed by atoms with van der Waals surface area (Å²) in [5.74, 6) is -2.66. The number of aliphatic carboxylic acids is 1. The summed E-state index contributed by atoms with van der Waals surface area (Å²) in [6, 6.07) is 0. The van der Waals surface area contributed by atoms with Gasteiger partial charge in [0.2, 0.25) is 5.89 Å². The Bertz CT molecular complexity index is 526. The zero-order valence-electron chi connectivity index (χ0n) is 12.2. The van der Waals surface area contributed by atoms with Crippen molar-refractivity contribution in [3.05, 3.63) is 17.8 Å². The molecule has 0 atom stereocenters. The molecule has 1 aromatic heterocycles. The number of methoxy groups -OCH3 is 1. The average Bonchev–Trinajstić information content (AvgIpc) is 2.95. The summed E-state index contributed by atoms with van der Waals surface area (Å²) in [7, 11) is 1.33. The number of carbonyl (C=O) groups excluding carboxylic acids is 1. The van der Waals surface area contributed by atoms with Crippen molar-refractivity contribution in [2.45, 2.75) is 12.7 Å². The quantitative estimate of drug-likeness (QED) is 0.767. The van der Waals surface area contributed by atoms with Gasteiger partial charge in [0.25, 0.3) is 0 Å². The van der Waals surface area contributed by atoms with Crippen LogP contribution in [0.4, 0.5) is 13.2 Å². The van der Waals surface area contributed by atoms with Gasteiger partial charge in [-0.05, 0) is 0 Å². The summed E-state index contributed by atoms with van der Waals surface area (Å²) in [5.41, 5.74) is 0.229. The predicted molar refractivity (Wildman–Crippen MR) is 69.7 cm³/mol. The van der Waals surface area contributed by atoms with E-state index < -0.39 is 18.1 Å². The predicted octanol–water partition coefficient (Wildman–Crippen LogP) is 0.500. The van der Waals surface area contributed by atoms with Crippen LogP contribution in [0.2, 0.25) is 0 Å². The Morgan fingerprint density at radius 1 is 1.43 bits per heavy atom. The van der Waals surface area contributed by atoms with E-state index in [1.807, 2.05) is 0 Å². The summed E-state index contributed by atoms with van der Waals surface area (Å²) < 4.78 is 41.5. The van der Waals surface area contributed by atoms with Gasteiger partial charge in [0.15, 0.2) is 5.69 Å². The van der Waals surface area contributed by atoms with Gasteiger partial charge in [-0.1, -0.05) is 0 Å². The lowest BCUT2D eigenvalue weighted by atomic mass is 10.3. The van der Waals surface area contributed by atoms with E-state index in [0.717, 1.165) is 26.2 Å². The third-order valence-corrected chi connectivity index (χ3v) is 2.76. The lowest BCUT2D eigenvalue weighted by molar-refractivity contribution is -0.192. The first-order valence-corrected chi connectivity index (χ1v) is 6.50. The van der Waals surface area contributed by atoms with Gasteiger partial charge in [-0.15, -0.1) is 0 Å². The number of hydrogen-bond acceptors (Lipinski definition) is 7. The van der Waals surface area contributed by atoms with Crippen LogP contribution in [0.5, 0.6) is 0 Å². The second-order valence-corrected chi connectivity index (χ2v) is 4.45. The Hall–Kier alpha value is -2.14. The molecule has 11 heteroatoms. The molecule has 0 aliphatic carbocycles.